The fourth-order valence-corrected chi connectivity index (χ4v) is 2.34. The first-order valence-electron chi connectivity index (χ1n) is 5.99. The summed E-state index contributed by atoms with van der Waals surface area (Å²) in [5.41, 5.74) is 0. The van der Waals surface area contributed by atoms with E-state index >= 15 is 0 Å². The second kappa shape index (κ2) is 8.32. The monoisotopic (exact) mass is 347 g/mol. The van der Waals surface area contributed by atoms with E-state index in [0.29, 0.717) is 24.5 Å². The molecule has 0 heterocycles. The molecule has 0 radical (unpaired) electrons. The van der Waals surface area contributed by atoms with Gasteiger partial charge >= 0.3 is 0 Å². The average Bonchev–Trinajstić information content (AvgIpc) is 2.36. The Balaban J connectivity index is 2.37. The predicted octanol–water partition coefficient (Wildman–Crippen LogP) is 2.10. The van der Waals surface area contributed by atoms with Crippen LogP contribution in [0.15, 0.2) is 28.7 Å². The van der Waals surface area contributed by atoms with Crippen molar-refractivity contribution in [3.05, 3.63) is 28.7 Å². The highest BCUT2D eigenvalue weighted by atomic mass is 79.9. The maximum absolute atomic E-state index is 11.8. The van der Waals surface area contributed by atoms with E-state index in [2.05, 4.69) is 21.2 Å². The number of hydrogen-bond donors (Lipinski definition) is 1. The Bertz CT molecular complexity index is 453. The first kappa shape index (κ1) is 16.2. The van der Waals surface area contributed by atoms with Crippen molar-refractivity contribution in [1.29, 1.82) is 0 Å². The lowest BCUT2D eigenvalue weighted by atomic mass is 10.3. The number of ether oxygens (including phenoxy) is 1. The summed E-state index contributed by atoms with van der Waals surface area (Å²) in [7, 11) is -0.814. The van der Waals surface area contributed by atoms with Crippen LogP contribution in [0.25, 0.3) is 0 Å². The Kier molecular flexibility index (Phi) is 7.09. The van der Waals surface area contributed by atoms with Crippen LogP contribution in [0.5, 0.6) is 5.75 Å². The van der Waals surface area contributed by atoms with E-state index in [9.17, 15) is 9.00 Å². The van der Waals surface area contributed by atoms with E-state index in [1.165, 1.54) is 0 Å². The smallest absolute Gasteiger partial charge is 0.260 e. The Labute approximate surface area is 124 Å². The third-order valence-electron chi connectivity index (χ3n) is 2.42. The van der Waals surface area contributed by atoms with Gasteiger partial charge in [-0.2, -0.15) is 0 Å². The SMILES string of the molecule is CC(Oc1ccccc1Br)C(=O)NCCCS(C)=O. The van der Waals surface area contributed by atoms with E-state index < -0.39 is 16.9 Å². The Morgan fingerprint density at radius 2 is 2.16 bits per heavy atom. The summed E-state index contributed by atoms with van der Waals surface area (Å²) in [4.78, 5) is 11.8. The number of benzene rings is 1. The molecular formula is C13H18BrNO3S. The number of rotatable bonds is 7. The highest BCUT2D eigenvalue weighted by molar-refractivity contribution is 9.10. The Hall–Kier alpha value is -0.880. The van der Waals surface area contributed by atoms with Crippen molar-refractivity contribution in [3.8, 4) is 5.75 Å². The van der Waals surface area contributed by atoms with Gasteiger partial charge in [-0.3, -0.25) is 9.00 Å². The fraction of sp³-hybridized carbons (Fsp3) is 0.462. The molecule has 0 aliphatic heterocycles. The quantitative estimate of drug-likeness (QED) is 0.768. The minimum atomic E-state index is -0.814. The second-order valence-electron chi connectivity index (χ2n) is 4.11. The largest absolute Gasteiger partial charge is 0.480 e. The molecule has 1 rings (SSSR count). The van der Waals surface area contributed by atoms with E-state index in [1.54, 1.807) is 19.2 Å². The summed E-state index contributed by atoms with van der Waals surface area (Å²) in [5, 5.41) is 2.76. The van der Waals surface area contributed by atoms with Crippen molar-refractivity contribution < 1.29 is 13.7 Å². The number of para-hydroxylation sites is 1. The first-order valence-corrected chi connectivity index (χ1v) is 8.51. The topological polar surface area (TPSA) is 55.4 Å². The fourth-order valence-electron chi connectivity index (χ4n) is 1.42. The number of carbonyl (C=O) groups is 1. The summed E-state index contributed by atoms with van der Waals surface area (Å²) in [6.07, 6.45) is 1.79. The molecule has 4 nitrogen and oxygen atoms in total. The van der Waals surface area contributed by atoms with Gasteiger partial charge in [-0.25, -0.2) is 0 Å². The maximum Gasteiger partial charge on any atom is 0.260 e. The molecule has 19 heavy (non-hydrogen) atoms. The molecule has 1 aromatic carbocycles. The zero-order valence-corrected chi connectivity index (χ0v) is 13.4. The van der Waals surface area contributed by atoms with Gasteiger partial charge < -0.3 is 10.1 Å². The van der Waals surface area contributed by atoms with Crippen molar-refractivity contribution in [3.63, 3.8) is 0 Å². The standard InChI is InChI=1S/C13H18BrNO3S/c1-10(13(16)15-8-5-9-19(2)17)18-12-7-4-3-6-11(12)14/h3-4,6-7,10H,5,8-9H2,1-2H3,(H,15,16). The van der Waals surface area contributed by atoms with E-state index in [4.69, 9.17) is 4.74 Å². The molecule has 2 atom stereocenters. The average molecular weight is 348 g/mol. The van der Waals surface area contributed by atoms with Crippen molar-refractivity contribution in [2.75, 3.05) is 18.6 Å². The molecule has 0 aliphatic carbocycles. The molecule has 2 unspecified atom stereocenters. The molecule has 0 saturated heterocycles. The molecule has 0 saturated carbocycles. The van der Waals surface area contributed by atoms with Crippen LogP contribution in [0.4, 0.5) is 0 Å². The zero-order chi connectivity index (χ0) is 14.3. The Morgan fingerprint density at radius 1 is 1.47 bits per heavy atom. The van der Waals surface area contributed by atoms with Gasteiger partial charge in [0, 0.05) is 29.4 Å². The molecule has 0 aromatic heterocycles. The van der Waals surface area contributed by atoms with Crippen LogP contribution in [0.3, 0.4) is 0 Å². The van der Waals surface area contributed by atoms with Gasteiger partial charge in [0.25, 0.3) is 5.91 Å². The summed E-state index contributed by atoms with van der Waals surface area (Å²) < 4.78 is 17.3. The van der Waals surface area contributed by atoms with Crippen LogP contribution < -0.4 is 10.1 Å². The molecule has 0 bridgehead atoms. The van der Waals surface area contributed by atoms with Crippen LogP contribution in [-0.4, -0.2) is 34.8 Å². The van der Waals surface area contributed by atoms with Crippen LogP contribution in [0.2, 0.25) is 0 Å². The van der Waals surface area contributed by atoms with E-state index in [1.807, 2.05) is 18.2 Å². The number of hydrogen-bond acceptors (Lipinski definition) is 3. The summed E-state index contributed by atoms with van der Waals surface area (Å²) >= 11 is 3.36. The summed E-state index contributed by atoms with van der Waals surface area (Å²) in [6, 6.07) is 7.39. The van der Waals surface area contributed by atoms with Gasteiger partial charge in [-0.1, -0.05) is 12.1 Å². The van der Waals surface area contributed by atoms with Gasteiger partial charge in [-0.15, -0.1) is 0 Å². The van der Waals surface area contributed by atoms with Gasteiger partial charge in [0.05, 0.1) is 4.47 Å². The number of nitrogens with one attached hydrogen (secondary N) is 1. The summed E-state index contributed by atoms with van der Waals surface area (Å²) in [6.45, 7) is 2.22. The lowest BCUT2D eigenvalue weighted by Gasteiger charge is -2.15. The molecule has 0 aliphatic rings. The number of amides is 1. The van der Waals surface area contributed by atoms with Crippen molar-refractivity contribution in [2.45, 2.75) is 19.4 Å². The van der Waals surface area contributed by atoms with Gasteiger partial charge in [0.15, 0.2) is 6.10 Å². The van der Waals surface area contributed by atoms with Crippen molar-refractivity contribution in [1.82, 2.24) is 5.32 Å². The van der Waals surface area contributed by atoms with E-state index in [0.717, 1.165) is 4.47 Å². The number of halogens is 1. The minimum absolute atomic E-state index is 0.169. The molecule has 1 aromatic rings. The molecule has 106 valence electrons. The number of carbonyl (C=O) groups excluding carboxylic acids is 1. The molecular weight excluding hydrogens is 330 g/mol. The molecule has 6 heteroatoms. The highest BCUT2D eigenvalue weighted by Crippen LogP contribution is 2.24. The lowest BCUT2D eigenvalue weighted by molar-refractivity contribution is -0.127. The van der Waals surface area contributed by atoms with Crippen LogP contribution in [0.1, 0.15) is 13.3 Å². The first-order chi connectivity index (χ1) is 9.00. The van der Waals surface area contributed by atoms with Crippen LogP contribution >= 0.6 is 15.9 Å². The van der Waals surface area contributed by atoms with Crippen LogP contribution in [0, 0.1) is 0 Å². The van der Waals surface area contributed by atoms with Gasteiger partial charge in [0.2, 0.25) is 0 Å². The minimum Gasteiger partial charge on any atom is -0.480 e. The molecule has 1 N–H and O–H groups in total. The molecule has 0 fully saturated rings. The predicted molar refractivity (Wildman–Crippen MR) is 80.8 cm³/mol. The van der Waals surface area contributed by atoms with Crippen molar-refractivity contribution in [2.24, 2.45) is 0 Å². The third kappa shape index (κ3) is 6.20. The second-order valence-corrected chi connectivity index (χ2v) is 6.52. The summed E-state index contributed by atoms with van der Waals surface area (Å²) in [5.74, 6) is 1.07. The van der Waals surface area contributed by atoms with E-state index in [-0.39, 0.29) is 5.91 Å². The third-order valence-corrected chi connectivity index (χ3v) is 3.94. The molecule has 1 amide bonds. The van der Waals surface area contributed by atoms with Crippen LogP contribution in [-0.2, 0) is 15.6 Å². The zero-order valence-electron chi connectivity index (χ0n) is 11.0. The van der Waals surface area contributed by atoms with Crippen molar-refractivity contribution >= 4 is 32.6 Å². The lowest BCUT2D eigenvalue weighted by Crippen LogP contribution is -2.37. The Morgan fingerprint density at radius 3 is 2.79 bits per heavy atom. The molecule has 0 spiro atoms. The highest BCUT2D eigenvalue weighted by Gasteiger charge is 2.15. The maximum atomic E-state index is 11.8. The van der Waals surface area contributed by atoms with Gasteiger partial charge in [0.1, 0.15) is 5.75 Å². The normalized spacial score (nSPS) is 13.6. The van der Waals surface area contributed by atoms with Gasteiger partial charge in [-0.05, 0) is 41.4 Å².